The van der Waals surface area contributed by atoms with Crippen LogP contribution in [-0.4, -0.2) is 25.3 Å². The zero-order valence-electron chi connectivity index (χ0n) is 16.3. The van der Waals surface area contributed by atoms with Crippen LogP contribution in [0.25, 0.3) is 0 Å². The van der Waals surface area contributed by atoms with Crippen LogP contribution in [0.3, 0.4) is 0 Å². The van der Waals surface area contributed by atoms with Crippen LogP contribution in [0.4, 0.5) is 8.78 Å². The van der Waals surface area contributed by atoms with Gasteiger partial charge in [0, 0.05) is 0 Å². The van der Waals surface area contributed by atoms with E-state index in [1.807, 2.05) is 13.8 Å². The maximum absolute atomic E-state index is 13.2. The third-order valence-electron chi connectivity index (χ3n) is 4.80. The smallest absolute Gasteiger partial charge is 0.283 e. The molecule has 30 heavy (non-hydrogen) atoms. The quantitative estimate of drug-likeness (QED) is 0.711. The minimum absolute atomic E-state index is 0.0956. The van der Waals surface area contributed by atoms with Crippen LogP contribution < -0.4 is 11.5 Å². The van der Waals surface area contributed by atoms with E-state index in [2.05, 4.69) is 9.98 Å². The number of hydrogen-bond donors (Lipinski definition) is 2. The highest BCUT2D eigenvalue weighted by atomic mass is 35.5. The first kappa shape index (κ1) is 22.1. The van der Waals surface area contributed by atoms with Crippen molar-refractivity contribution >= 4 is 35.2 Å². The largest absolute Gasteiger partial charge is 0.462 e. The molecule has 160 valence electrons. The number of nitrogens with zero attached hydrogens (tertiary/aromatic N) is 2. The molecular weight excluding hydrogens is 437 g/mol. The lowest BCUT2D eigenvalue weighted by molar-refractivity contribution is 0.266. The van der Waals surface area contributed by atoms with E-state index in [1.54, 1.807) is 12.1 Å². The molecule has 0 saturated heterocycles. The Morgan fingerprint density at radius 2 is 1.17 bits per heavy atom. The molecule has 1 unspecified atom stereocenters. The fourth-order valence-electron chi connectivity index (χ4n) is 3.00. The summed E-state index contributed by atoms with van der Waals surface area (Å²) in [6, 6.07) is 9.42. The maximum Gasteiger partial charge on any atom is 0.283 e. The normalized spacial score (nSPS) is 24.9. The molecule has 4 rings (SSSR count). The molecule has 0 saturated carbocycles. The Bertz CT molecular complexity index is 952. The first-order valence-corrected chi connectivity index (χ1v) is 9.65. The predicted octanol–water partition coefficient (Wildman–Crippen LogP) is 4.08. The minimum atomic E-state index is -0.616. The zero-order chi connectivity index (χ0) is 22.1. The lowest BCUT2D eigenvalue weighted by atomic mass is 9.94. The number of aliphatic imine (C=N–C) groups is 2. The first-order chi connectivity index (χ1) is 14.0. The number of halogens is 4. The Labute approximate surface area is 182 Å². The Morgan fingerprint density at radius 3 is 1.43 bits per heavy atom. The standard InChI is InChI=1S/2C10H10ClFN2O/c2*1-10(5-15-9(13)14-10)6-2-3-7(11)8(12)4-6/h2*2-4H,5H2,1H3,(H2,13,14)/t10-;/m1./s1. The summed E-state index contributed by atoms with van der Waals surface area (Å²) in [5.74, 6) is -0.924. The number of amidine groups is 2. The molecule has 4 N–H and O–H groups in total. The fraction of sp³-hybridized carbons (Fsp3) is 0.300. The van der Waals surface area contributed by atoms with E-state index in [9.17, 15) is 8.78 Å². The van der Waals surface area contributed by atoms with E-state index in [0.717, 1.165) is 0 Å². The van der Waals surface area contributed by atoms with Crippen molar-refractivity contribution in [2.45, 2.75) is 24.9 Å². The van der Waals surface area contributed by atoms with Gasteiger partial charge < -0.3 is 20.9 Å². The highest BCUT2D eigenvalue weighted by Crippen LogP contribution is 2.32. The molecule has 2 aliphatic rings. The van der Waals surface area contributed by atoms with E-state index in [0.29, 0.717) is 24.3 Å². The van der Waals surface area contributed by atoms with Crippen LogP contribution >= 0.6 is 23.2 Å². The summed E-state index contributed by atoms with van der Waals surface area (Å²) >= 11 is 11.2. The second-order valence-electron chi connectivity index (χ2n) is 7.28. The Kier molecular flexibility index (Phi) is 6.10. The predicted molar refractivity (Wildman–Crippen MR) is 113 cm³/mol. The van der Waals surface area contributed by atoms with Gasteiger partial charge in [0.25, 0.3) is 12.0 Å². The van der Waals surface area contributed by atoms with Gasteiger partial charge in [-0.25, -0.2) is 18.8 Å². The van der Waals surface area contributed by atoms with Gasteiger partial charge in [0.15, 0.2) is 0 Å². The molecule has 2 atom stereocenters. The van der Waals surface area contributed by atoms with Crippen LogP contribution in [0.1, 0.15) is 25.0 Å². The zero-order valence-corrected chi connectivity index (χ0v) is 17.8. The van der Waals surface area contributed by atoms with Gasteiger partial charge in [0.2, 0.25) is 0 Å². The third-order valence-corrected chi connectivity index (χ3v) is 5.41. The molecule has 2 aliphatic heterocycles. The van der Waals surface area contributed by atoms with Crippen molar-refractivity contribution < 1.29 is 18.3 Å². The number of hydrogen-bond acceptors (Lipinski definition) is 6. The van der Waals surface area contributed by atoms with Crippen molar-refractivity contribution in [1.29, 1.82) is 0 Å². The molecule has 0 amide bonds. The summed E-state index contributed by atoms with van der Waals surface area (Å²) < 4.78 is 36.6. The summed E-state index contributed by atoms with van der Waals surface area (Å²) in [7, 11) is 0. The molecule has 2 aromatic rings. The van der Waals surface area contributed by atoms with Crippen molar-refractivity contribution in [3.05, 3.63) is 69.2 Å². The molecule has 2 heterocycles. The fourth-order valence-corrected chi connectivity index (χ4v) is 3.24. The number of benzene rings is 2. The molecule has 0 aliphatic carbocycles. The van der Waals surface area contributed by atoms with Crippen LogP contribution in [0.2, 0.25) is 10.0 Å². The Hall–Kier alpha value is -2.58. The van der Waals surface area contributed by atoms with Gasteiger partial charge >= 0.3 is 0 Å². The van der Waals surface area contributed by atoms with E-state index < -0.39 is 22.7 Å². The molecule has 0 bridgehead atoms. The van der Waals surface area contributed by atoms with Gasteiger partial charge in [0.1, 0.15) is 35.9 Å². The highest BCUT2D eigenvalue weighted by Gasteiger charge is 2.34. The van der Waals surface area contributed by atoms with Crippen molar-refractivity contribution in [2.75, 3.05) is 13.2 Å². The highest BCUT2D eigenvalue weighted by molar-refractivity contribution is 6.31. The average Bonchev–Trinajstić information content (AvgIpc) is 3.22. The second kappa shape index (κ2) is 8.28. The van der Waals surface area contributed by atoms with Crippen LogP contribution in [0.15, 0.2) is 46.4 Å². The molecule has 0 aromatic heterocycles. The van der Waals surface area contributed by atoms with Crippen LogP contribution in [0.5, 0.6) is 0 Å². The Balaban J connectivity index is 0.000000171. The molecule has 0 radical (unpaired) electrons. The summed E-state index contributed by atoms with van der Waals surface area (Å²) in [5, 5.41) is 0.191. The molecule has 0 fully saturated rings. The van der Waals surface area contributed by atoms with Crippen molar-refractivity contribution in [1.82, 2.24) is 0 Å². The maximum atomic E-state index is 13.2. The van der Waals surface area contributed by atoms with E-state index in [4.69, 9.17) is 44.1 Å². The van der Waals surface area contributed by atoms with E-state index in [1.165, 1.54) is 24.3 Å². The van der Waals surface area contributed by atoms with Gasteiger partial charge in [-0.15, -0.1) is 0 Å². The second-order valence-corrected chi connectivity index (χ2v) is 8.10. The molecule has 0 spiro atoms. The topological polar surface area (TPSA) is 95.2 Å². The van der Waals surface area contributed by atoms with Gasteiger partial charge in [0.05, 0.1) is 10.0 Å². The monoisotopic (exact) mass is 456 g/mol. The SMILES string of the molecule is CC1(c2ccc(Cl)c(F)c2)COC(N)=N1.C[C@]1(c2ccc(Cl)c(F)c2)COC(N)=N1. The number of ether oxygens (including phenoxy) is 2. The van der Waals surface area contributed by atoms with Gasteiger partial charge in [-0.05, 0) is 49.2 Å². The first-order valence-electron chi connectivity index (χ1n) is 8.90. The summed E-state index contributed by atoms with van der Waals surface area (Å²) in [4.78, 5) is 8.25. The van der Waals surface area contributed by atoms with Gasteiger partial charge in [-0.3, -0.25) is 0 Å². The Morgan fingerprint density at radius 1 is 0.800 bits per heavy atom. The number of rotatable bonds is 2. The van der Waals surface area contributed by atoms with Crippen molar-refractivity contribution in [3.8, 4) is 0 Å². The lowest BCUT2D eigenvalue weighted by Gasteiger charge is -2.18. The molecular formula is C20H20Cl2F2N4O2. The van der Waals surface area contributed by atoms with E-state index >= 15 is 0 Å². The van der Waals surface area contributed by atoms with Gasteiger partial charge in [-0.2, -0.15) is 0 Å². The lowest BCUT2D eigenvalue weighted by Crippen LogP contribution is -2.20. The number of nitrogens with two attached hydrogens (primary N) is 2. The minimum Gasteiger partial charge on any atom is -0.462 e. The van der Waals surface area contributed by atoms with Crippen LogP contribution in [0, 0.1) is 11.6 Å². The molecule has 10 heteroatoms. The summed E-state index contributed by atoms with van der Waals surface area (Å²) in [6.45, 7) is 4.30. The third kappa shape index (κ3) is 4.60. The summed E-state index contributed by atoms with van der Waals surface area (Å²) in [5.41, 5.74) is 11.0. The van der Waals surface area contributed by atoms with Crippen molar-refractivity contribution in [2.24, 2.45) is 21.5 Å². The van der Waals surface area contributed by atoms with E-state index in [-0.39, 0.29) is 22.1 Å². The van der Waals surface area contributed by atoms with Crippen molar-refractivity contribution in [3.63, 3.8) is 0 Å². The molecule has 2 aromatic carbocycles. The average molecular weight is 457 g/mol. The molecule has 6 nitrogen and oxygen atoms in total. The van der Waals surface area contributed by atoms with Gasteiger partial charge in [-0.1, -0.05) is 35.3 Å². The van der Waals surface area contributed by atoms with Crippen LogP contribution in [-0.2, 0) is 20.6 Å². The summed E-state index contributed by atoms with van der Waals surface area (Å²) in [6.07, 6.45) is 0.